The average Bonchev–Trinajstić information content (AvgIpc) is 2.75. The van der Waals surface area contributed by atoms with Crippen molar-refractivity contribution in [1.29, 1.82) is 5.41 Å². The van der Waals surface area contributed by atoms with E-state index in [2.05, 4.69) is 5.32 Å². The first-order valence-corrected chi connectivity index (χ1v) is 6.14. The van der Waals surface area contributed by atoms with Crippen LogP contribution in [0.4, 0.5) is 0 Å². The van der Waals surface area contributed by atoms with Crippen LogP contribution >= 0.6 is 0 Å². The fraction of sp³-hybridized carbons (Fsp3) is 0.818. The topological polar surface area (TPSA) is 102 Å². The molecular weight excluding hydrogens is 220 g/mol. The number of carboxylic acids is 1. The Kier molecular flexibility index (Phi) is 3.35. The van der Waals surface area contributed by atoms with Crippen molar-refractivity contribution in [2.24, 2.45) is 5.73 Å². The fourth-order valence-corrected chi connectivity index (χ4v) is 3.09. The molecule has 0 saturated carbocycles. The Balaban J connectivity index is 2.24. The molecule has 6 heteroatoms. The third-order valence-corrected chi connectivity index (χ3v) is 3.98. The van der Waals surface area contributed by atoms with E-state index in [0.717, 1.165) is 38.9 Å². The number of hydrogen-bond donors (Lipinski definition) is 4. The Labute approximate surface area is 101 Å². The maximum Gasteiger partial charge on any atom is 0.332 e. The third-order valence-electron chi connectivity index (χ3n) is 3.98. The molecule has 0 aromatic carbocycles. The molecule has 2 saturated heterocycles. The van der Waals surface area contributed by atoms with Gasteiger partial charge in [-0.2, -0.15) is 0 Å². The molecule has 2 fully saturated rings. The highest BCUT2D eigenvalue weighted by Crippen LogP contribution is 2.34. The monoisotopic (exact) mass is 240 g/mol. The van der Waals surface area contributed by atoms with Crippen molar-refractivity contribution in [2.75, 3.05) is 19.6 Å². The van der Waals surface area contributed by atoms with E-state index in [-0.39, 0.29) is 11.9 Å². The summed E-state index contributed by atoms with van der Waals surface area (Å²) in [5.74, 6) is -1.19. The maximum absolute atomic E-state index is 11.5. The van der Waals surface area contributed by atoms with Crippen molar-refractivity contribution in [3.05, 3.63) is 0 Å². The summed E-state index contributed by atoms with van der Waals surface area (Å²) in [6.07, 6.45) is 3.13. The number of carbonyl (C=O) groups is 1. The van der Waals surface area contributed by atoms with Gasteiger partial charge >= 0.3 is 5.97 Å². The normalized spacial score (nSPS) is 31.5. The molecule has 96 valence electrons. The lowest BCUT2D eigenvalue weighted by molar-refractivity contribution is -0.146. The molecular formula is C11H20N4O2. The molecule has 0 radical (unpaired) electrons. The molecule has 17 heavy (non-hydrogen) atoms. The SMILES string of the molecule is N=C(N)[C@@]1(C(=O)O)CCCN1C1CCNCC1. The van der Waals surface area contributed by atoms with Crippen LogP contribution in [-0.2, 0) is 4.79 Å². The molecule has 6 nitrogen and oxygen atoms in total. The van der Waals surface area contributed by atoms with Gasteiger partial charge in [-0.1, -0.05) is 0 Å². The summed E-state index contributed by atoms with van der Waals surface area (Å²) in [7, 11) is 0. The zero-order valence-electron chi connectivity index (χ0n) is 9.91. The molecule has 2 aliphatic rings. The third kappa shape index (κ3) is 1.91. The molecule has 1 atom stereocenters. The van der Waals surface area contributed by atoms with E-state index in [1.54, 1.807) is 0 Å². The van der Waals surface area contributed by atoms with Crippen molar-refractivity contribution >= 4 is 11.8 Å². The molecule has 0 unspecified atom stereocenters. The molecule has 0 aliphatic carbocycles. The summed E-state index contributed by atoms with van der Waals surface area (Å²) >= 11 is 0. The molecule has 0 amide bonds. The number of likely N-dealkylation sites (tertiary alicyclic amines) is 1. The van der Waals surface area contributed by atoms with Crippen LogP contribution in [0.25, 0.3) is 0 Å². The number of aliphatic carboxylic acids is 1. The lowest BCUT2D eigenvalue weighted by Crippen LogP contribution is -2.63. The maximum atomic E-state index is 11.5. The summed E-state index contributed by atoms with van der Waals surface area (Å²) in [5, 5.41) is 20.4. The Morgan fingerprint density at radius 2 is 2.12 bits per heavy atom. The first-order valence-electron chi connectivity index (χ1n) is 6.14. The van der Waals surface area contributed by atoms with Crippen molar-refractivity contribution in [1.82, 2.24) is 10.2 Å². The van der Waals surface area contributed by atoms with E-state index >= 15 is 0 Å². The van der Waals surface area contributed by atoms with Crippen LogP contribution in [0.15, 0.2) is 0 Å². The number of nitrogens with zero attached hydrogens (tertiary/aromatic N) is 1. The van der Waals surface area contributed by atoms with Crippen LogP contribution in [-0.4, -0.2) is 53.0 Å². The summed E-state index contributed by atoms with van der Waals surface area (Å²) in [4.78, 5) is 13.5. The van der Waals surface area contributed by atoms with Crippen LogP contribution in [0.2, 0.25) is 0 Å². The van der Waals surface area contributed by atoms with E-state index in [1.165, 1.54) is 0 Å². The number of hydrogen-bond acceptors (Lipinski definition) is 4. The zero-order chi connectivity index (χ0) is 12.5. The number of nitrogens with one attached hydrogen (secondary N) is 2. The van der Waals surface area contributed by atoms with E-state index < -0.39 is 11.5 Å². The van der Waals surface area contributed by atoms with E-state index in [4.69, 9.17) is 11.1 Å². The molecule has 2 rings (SSSR count). The van der Waals surface area contributed by atoms with Crippen molar-refractivity contribution in [3.8, 4) is 0 Å². The highest BCUT2D eigenvalue weighted by molar-refractivity contribution is 6.07. The van der Waals surface area contributed by atoms with Gasteiger partial charge in [-0.25, -0.2) is 4.79 Å². The molecule has 0 spiro atoms. The fourth-order valence-electron chi connectivity index (χ4n) is 3.09. The quantitative estimate of drug-likeness (QED) is 0.397. The molecule has 0 bridgehead atoms. The van der Waals surface area contributed by atoms with Gasteiger partial charge in [0.05, 0.1) is 0 Å². The number of amidine groups is 1. The number of piperidine rings is 1. The second kappa shape index (κ2) is 4.62. The molecule has 2 heterocycles. The van der Waals surface area contributed by atoms with Gasteiger partial charge in [0.25, 0.3) is 0 Å². The second-order valence-electron chi connectivity index (χ2n) is 4.86. The Hall–Kier alpha value is -1.14. The van der Waals surface area contributed by atoms with Crippen molar-refractivity contribution < 1.29 is 9.90 Å². The van der Waals surface area contributed by atoms with E-state index in [1.807, 2.05) is 4.90 Å². The predicted octanol–water partition coefficient (Wildman–Crippen LogP) is -0.406. The predicted molar refractivity (Wildman–Crippen MR) is 64.1 cm³/mol. The standard InChI is InChI=1S/C11H20N4O2/c12-9(13)11(10(16)17)4-1-7-15(11)8-2-5-14-6-3-8/h8,14H,1-7H2,(H3,12,13)(H,16,17)/t11-/m1/s1. The lowest BCUT2D eigenvalue weighted by atomic mass is 9.91. The van der Waals surface area contributed by atoms with Crippen LogP contribution in [0.3, 0.4) is 0 Å². The minimum absolute atomic E-state index is 0.221. The first kappa shape index (κ1) is 12.3. The van der Waals surface area contributed by atoms with Gasteiger partial charge in [-0.15, -0.1) is 0 Å². The van der Waals surface area contributed by atoms with Crippen LogP contribution in [0.1, 0.15) is 25.7 Å². The summed E-state index contributed by atoms with van der Waals surface area (Å²) < 4.78 is 0. The Morgan fingerprint density at radius 3 is 2.65 bits per heavy atom. The summed E-state index contributed by atoms with van der Waals surface area (Å²) in [6, 6.07) is 0.235. The Morgan fingerprint density at radius 1 is 1.47 bits per heavy atom. The summed E-state index contributed by atoms with van der Waals surface area (Å²) in [6.45, 7) is 2.56. The number of rotatable bonds is 3. The van der Waals surface area contributed by atoms with Gasteiger partial charge in [0.1, 0.15) is 5.84 Å². The number of carboxylic acid groups (broad SMARTS) is 1. The molecule has 0 aromatic rings. The molecule has 2 aliphatic heterocycles. The highest BCUT2D eigenvalue weighted by Gasteiger charge is 2.52. The van der Waals surface area contributed by atoms with Gasteiger partial charge in [-0.3, -0.25) is 10.3 Å². The van der Waals surface area contributed by atoms with Crippen LogP contribution < -0.4 is 11.1 Å². The highest BCUT2D eigenvalue weighted by atomic mass is 16.4. The van der Waals surface area contributed by atoms with Crippen molar-refractivity contribution in [3.63, 3.8) is 0 Å². The second-order valence-corrected chi connectivity index (χ2v) is 4.86. The minimum Gasteiger partial charge on any atom is -0.480 e. The lowest BCUT2D eigenvalue weighted by Gasteiger charge is -2.41. The van der Waals surface area contributed by atoms with Gasteiger partial charge in [0, 0.05) is 12.6 Å². The smallest absolute Gasteiger partial charge is 0.332 e. The van der Waals surface area contributed by atoms with Gasteiger partial charge in [-0.05, 0) is 38.8 Å². The minimum atomic E-state index is -1.25. The van der Waals surface area contributed by atoms with E-state index in [0.29, 0.717) is 6.42 Å². The molecule has 0 aromatic heterocycles. The zero-order valence-corrected chi connectivity index (χ0v) is 9.91. The largest absolute Gasteiger partial charge is 0.480 e. The van der Waals surface area contributed by atoms with Crippen molar-refractivity contribution in [2.45, 2.75) is 37.3 Å². The van der Waals surface area contributed by atoms with Gasteiger partial charge in [0.2, 0.25) is 0 Å². The first-order chi connectivity index (χ1) is 8.09. The number of nitrogens with two attached hydrogens (primary N) is 1. The Bertz CT molecular complexity index is 311. The van der Waals surface area contributed by atoms with Crippen LogP contribution in [0, 0.1) is 5.41 Å². The molecule has 5 N–H and O–H groups in total. The van der Waals surface area contributed by atoms with E-state index in [9.17, 15) is 9.90 Å². The summed E-state index contributed by atoms with van der Waals surface area (Å²) in [5.41, 5.74) is 4.33. The van der Waals surface area contributed by atoms with Crippen LogP contribution in [0.5, 0.6) is 0 Å². The van der Waals surface area contributed by atoms with Gasteiger partial charge in [0.15, 0.2) is 5.54 Å². The van der Waals surface area contributed by atoms with Gasteiger partial charge < -0.3 is 16.2 Å². The average molecular weight is 240 g/mol.